The van der Waals surface area contributed by atoms with Gasteiger partial charge in [-0.05, 0) is 37.1 Å². The van der Waals surface area contributed by atoms with E-state index >= 15 is 0 Å². The molecule has 1 aromatic heterocycles. The molecule has 1 heterocycles. The highest BCUT2D eigenvalue weighted by Crippen LogP contribution is 2.27. The monoisotopic (exact) mass is 214 g/mol. The number of benzene rings is 1. The van der Waals surface area contributed by atoms with Crippen molar-refractivity contribution < 1.29 is 0 Å². The Bertz CT molecular complexity index is 582. The van der Waals surface area contributed by atoms with Crippen LogP contribution < -0.4 is 0 Å². The van der Waals surface area contributed by atoms with Gasteiger partial charge in [0.25, 0.3) is 0 Å². The summed E-state index contributed by atoms with van der Waals surface area (Å²) in [4.78, 5) is 5.19. The van der Waals surface area contributed by atoms with Gasteiger partial charge >= 0.3 is 0 Å². The van der Waals surface area contributed by atoms with E-state index < -0.39 is 0 Å². The van der Waals surface area contributed by atoms with Crippen molar-refractivity contribution in [1.29, 1.82) is 5.26 Å². The van der Waals surface area contributed by atoms with Crippen molar-refractivity contribution >= 4 is 23.5 Å². The lowest BCUT2D eigenvalue weighted by Crippen LogP contribution is -1.91. The smallest absolute Gasteiger partial charge is 0.101 e. The van der Waals surface area contributed by atoms with Crippen LogP contribution in [0, 0.1) is 25.2 Å². The fourth-order valence-corrected chi connectivity index (χ4v) is 1.93. The maximum absolute atomic E-state index is 8.93. The summed E-state index contributed by atoms with van der Waals surface area (Å²) in [7, 11) is 0. The molecule has 0 fully saturated rings. The molecule has 0 saturated heterocycles. The van der Waals surface area contributed by atoms with Crippen molar-refractivity contribution in [3.63, 3.8) is 0 Å². The second kappa shape index (κ2) is 3.56. The first-order valence-corrected chi connectivity index (χ1v) is 5.08. The lowest BCUT2D eigenvalue weighted by atomic mass is 10.0. The van der Waals surface area contributed by atoms with Crippen LogP contribution in [0.15, 0.2) is 23.2 Å². The molecule has 0 radical (unpaired) electrons. The predicted molar refractivity (Wildman–Crippen MR) is 63.2 cm³/mol. The van der Waals surface area contributed by atoms with E-state index in [1.165, 1.54) is 0 Å². The zero-order valence-corrected chi connectivity index (χ0v) is 9.47. The third-order valence-electron chi connectivity index (χ3n) is 2.65. The van der Waals surface area contributed by atoms with E-state index in [0.29, 0.717) is 5.56 Å². The van der Waals surface area contributed by atoms with Gasteiger partial charge in [0.2, 0.25) is 0 Å². The number of rotatable bonds is 0. The number of aromatic nitrogens is 1. The van der Waals surface area contributed by atoms with Gasteiger partial charge in [-0.1, -0.05) is 0 Å². The van der Waals surface area contributed by atoms with Gasteiger partial charge in [0.15, 0.2) is 0 Å². The van der Waals surface area contributed by atoms with Crippen LogP contribution in [0.3, 0.4) is 0 Å². The zero-order valence-electron chi connectivity index (χ0n) is 8.57. The molecule has 15 heavy (non-hydrogen) atoms. The van der Waals surface area contributed by atoms with Crippen LogP contribution in [0.2, 0.25) is 0 Å². The molecular weight excluding hydrogens is 204 g/mol. The molecule has 0 bridgehead atoms. The van der Waals surface area contributed by atoms with Crippen LogP contribution >= 0.6 is 12.6 Å². The molecule has 1 aromatic carbocycles. The van der Waals surface area contributed by atoms with E-state index in [4.69, 9.17) is 5.26 Å². The van der Waals surface area contributed by atoms with Gasteiger partial charge in [0, 0.05) is 16.5 Å². The topological polar surface area (TPSA) is 36.7 Å². The highest BCUT2D eigenvalue weighted by Gasteiger charge is 2.08. The summed E-state index contributed by atoms with van der Waals surface area (Å²) in [6, 6.07) is 6.01. The molecule has 0 N–H and O–H groups in total. The molecule has 2 aromatic rings. The second-order valence-electron chi connectivity index (χ2n) is 3.51. The molecule has 74 valence electrons. The largest absolute Gasteiger partial charge is 0.255 e. The van der Waals surface area contributed by atoms with E-state index in [2.05, 4.69) is 23.7 Å². The van der Waals surface area contributed by atoms with Gasteiger partial charge in [-0.25, -0.2) is 0 Å². The number of hydrogen-bond acceptors (Lipinski definition) is 3. The van der Waals surface area contributed by atoms with Crippen molar-refractivity contribution in [2.24, 2.45) is 0 Å². The summed E-state index contributed by atoms with van der Waals surface area (Å²) < 4.78 is 0. The Morgan fingerprint density at radius 2 is 2.00 bits per heavy atom. The average Bonchev–Trinajstić information content (AvgIpc) is 2.24. The van der Waals surface area contributed by atoms with Gasteiger partial charge in [0.05, 0.1) is 11.1 Å². The van der Waals surface area contributed by atoms with Crippen LogP contribution in [0.1, 0.15) is 16.7 Å². The molecule has 0 aliphatic carbocycles. The number of fused-ring (bicyclic) bond motifs is 1. The van der Waals surface area contributed by atoms with E-state index in [0.717, 1.165) is 26.9 Å². The van der Waals surface area contributed by atoms with Gasteiger partial charge in [-0.15, -0.1) is 12.6 Å². The van der Waals surface area contributed by atoms with E-state index in [9.17, 15) is 0 Å². The van der Waals surface area contributed by atoms with Gasteiger partial charge < -0.3 is 0 Å². The summed E-state index contributed by atoms with van der Waals surface area (Å²) >= 11 is 4.37. The van der Waals surface area contributed by atoms with Gasteiger partial charge in [-0.3, -0.25) is 4.98 Å². The van der Waals surface area contributed by atoms with E-state index in [-0.39, 0.29) is 0 Å². The Morgan fingerprint density at radius 1 is 1.27 bits per heavy atom. The van der Waals surface area contributed by atoms with Crippen LogP contribution in [-0.4, -0.2) is 4.98 Å². The summed E-state index contributed by atoms with van der Waals surface area (Å²) in [5.74, 6) is 0. The summed E-state index contributed by atoms with van der Waals surface area (Å²) in [6.45, 7) is 3.95. The maximum Gasteiger partial charge on any atom is 0.101 e. The Kier molecular flexibility index (Phi) is 2.37. The van der Waals surface area contributed by atoms with Crippen molar-refractivity contribution in [2.75, 3.05) is 0 Å². The number of thiol groups is 1. The lowest BCUT2D eigenvalue weighted by molar-refractivity contribution is 1.27. The standard InChI is InChI=1S/C12H10N2S/c1-7-9(5-13)6-14-10-3-4-11(15)8(2)12(7)10/h3-4,6,15H,1-2H3. The molecule has 0 saturated carbocycles. The minimum absolute atomic E-state index is 0.629. The number of nitriles is 1. The van der Waals surface area contributed by atoms with Crippen molar-refractivity contribution in [1.82, 2.24) is 4.98 Å². The number of nitrogens with zero attached hydrogens (tertiary/aromatic N) is 2. The van der Waals surface area contributed by atoms with Crippen LogP contribution in [0.5, 0.6) is 0 Å². The van der Waals surface area contributed by atoms with E-state index in [1.807, 2.05) is 26.0 Å². The third-order valence-corrected chi connectivity index (χ3v) is 3.13. The Morgan fingerprint density at radius 3 is 2.67 bits per heavy atom. The third kappa shape index (κ3) is 1.47. The molecule has 2 nitrogen and oxygen atoms in total. The Labute approximate surface area is 94.0 Å². The molecule has 0 unspecified atom stereocenters. The Balaban J connectivity index is 2.97. The normalized spacial score (nSPS) is 10.3. The van der Waals surface area contributed by atoms with Crippen LogP contribution in [0.25, 0.3) is 10.9 Å². The summed E-state index contributed by atoms with van der Waals surface area (Å²) in [5, 5.41) is 9.97. The summed E-state index contributed by atoms with van der Waals surface area (Å²) in [6.07, 6.45) is 1.62. The molecule has 0 aliphatic heterocycles. The zero-order chi connectivity index (χ0) is 11.0. The maximum atomic E-state index is 8.93. The van der Waals surface area contributed by atoms with Gasteiger partial charge in [0.1, 0.15) is 6.07 Å². The summed E-state index contributed by atoms with van der Waals surface area (Å²) in [5.41, 5.74) is 3.61. The number of pyridine rings is 1. The van der Waals surface area contributed by atoms with E-state index in [1.54, 1.807) is 6.20 Å². The molecule has 0 aliphatic rings. The SMILES string of the molecule is Cc1c(S)ccc2ncc(C#N)c(C)c12. The first-order chi connectivity index (χ1) is 7.15. The molecule has 0 atom stereocenters. The predicted octanol–water partition coefficient (Wildman–Crippen LogP) is 3.01. The van der Waals surface area contributed by atoms with Crippen molar-refractivity contribution in [2.45, 2.75) is 18.7 Å². The molecule has 0 amide bonds. The van der Waals surface area contributed by atoms with Gasteiger partial charge in [-0.2, -0.15) is 5.26 Å². The second-order valence-corrected chi connectivity index (χ2v) is 3.99. The fourth-order valence-electron chi connectivity index (χ4n) is 1.75. The van der Waals surface area contributed by atoms with Crippen molar-refractivity contribution in [3.05, 3.63) is 35.0 Å². The minimum atomic E-state index is 0.629. The van der Waals surface area contributed by atoms with Crippen molar-refractivity contribution in [3.8, 4) is 6.07 Å². The molecule has 2 rings (SSSR count). The Hall–Kier alpha value is -1.53. The highest BCUT2D eigenvalue weighted by molar-refractivity contribution is 7.80. The molecule has 0 spiro atoms. The lowest BCUT2D eigenvalue weighted by Gasteiger charge is -2.08. The first kappa shape index (κ1) is 10.0. The molecule has 3 heteroatoms. The highest BCUT2D eigenvalue weighted by atomic mass is 32.1. The van der Waals surface area contributed by atoms with Crippen LogP contribution in [-0.2, 0) is 0 Å². The first-order valence-electron chi connectivity index (χ1n) is 4.63. The average molecular weight is 214 g/mol. The fraction of sp³-hybridized carbons (Fsp3) is 0.167. The van der Waals surface area contributed by atoms with Crippen LogP contribution in [0.4, 0.5) is 0 Å². The number of hydrogen-bond donors (Lipinski definition) is 1. The number of aryl methyl sites for hydroxylation is 2. The quantitative estimate of drug-likeness (QED) is 0.684. The molecular formula is C12H10N2S. The minimum Gasteiger partial charge on any atom is -0.255 e.